The molecule has 0 saturated carbocycles. The molecule has 1 rings (SSSR count). The number of aromatic hydroxyl groups is 1. The average molecular weight is 712 g/mol. The van der Waals surface area contributed by atoms with E-state index >= 15 is 0 Å². The summed E-state index contributed by atoms with van der Waals surface area (Å²) in [5.41, 5.74) is 12.2. The Morgan fingerprint density at radius 1 is 0.771 bits per heavy atom. The summed E-state index contributed by atoms with van der Waals surface area (Å²) in [5.74, 6) is -2.49. The summed E-state index contributed by atoms with van der Waals surface area (Å²) in [4.78, 5) is 77.9. The molecular weight excluding hydrogens is 659 g/mol. The van der Waals surface area contributed by atoms with Crippen molar-refractivity contribution in [3.63, 3.8) is 0 Å². The summed E-state index contributed by atoms with van der Waals surface area (Å²) < 4.78 is 0. The molecule has 48 heavy (non-hydrogen) atoms. The number of hydrogen-bond acceptors (Lipinski definition) is 11. The van der Waals surface area contributed by atoms with Gasteiger partial charge < -0.3 is 43.2 Å². The molecule has 0 aliphatic rings. The molecule has 0 radical (unpaired) electrons. The van der Waals surface area contributed by atoms with Gasteiger partial charge in [0.1, 0.15) is 29.9 Å². The highest BCUT2D eigenvalue weighted by atomic mass is 32.2. The number of thioether (sulfide) groups is 1. The molecule has 5 amide bonds. The predicted octanol–water partition coefficient (Wildman–Crippen LogP) is 0.110. The van der Waals surface area contributed by atoms with Crippen molar-refractivity contribution < 1.29 is 33.9 Å². The van der Waals surface area contributed by atoms with Crippen LogP contribution in [-0.2, 0) is 35.2 Å². The Bertz CT molecular complexity index is 1220. The molecule has 0 aromatic heterocycles. The summed E-state index contributed by atoms with van der Waals surface area (Å²) >= 11 is 5.29. The minimum absolute atomic E-state index is 0.0112. The molecule has 0 saturated heterocycles. The van der Waals surface area contributed by atoms with Crippen molar-refractivity contribution in [2.45, 2.75) is 103 Å². The van der Waals surface area contributed by atoms with Gasteiger partial charge >= 0.3 is 0 Å². The van der Waals surface area contributed by atoms with Crippen molar-refractivity contribution in [2.75, 3.05) is 18.1 Å². The fourth-order valence-electron chi connectivity index (χ4n) is 4.52. The van der Waals surface area contributed by atoms with Gasteiger partial charge in [-0.05, 0) is 75.4 Å². The van der Waals surface area contributed by atoms with Gasteiger partial charge in [0, 0.05) is 12.2 Å². The zero-order valence-electron chi connectivity index (χ0n) is 28.4. The van der Waals surface area contributed by atoms with Gasteiger partial charge in [-0.3, -0.25) is 28.8 Å². The number of amides is 5. The fraction of sp³-hybridized carbons (Fsp3) is 0.625. The highest BCUT2D eigenvalue weighted by Crippen LogP contribution is 2.13. The third kappa shape index (κ3) is 15.7. The second-order valence-corrected chi connectivity index (χ2v) is 13.6. The van der Waals surface area contributed by atoms with Crippen molar-refractivity contribution in [1.29, 1.82) is 0 Å². The average Bonchev–Trinajstić information content (AvgIpc) is 3.03. The molecule has 0 fully saturated rings. The maximum absolute atomic E-state index is 13.7. The second kappa shape index (κ2) is 22.3. The SMILES string of the molecule is CCSC(=O)[C@H](C)NC(=O)[C@H](C)NC(=O)[C@H](CCCCN)NC(=O)[C@H](Cc1ccc(O)cc1)NC(=O)[C@H](CS)NC(=O)[C@@H](N)CC(C)C. The first-order valence-corrected chi connectivity index (χ1v) is 17.8. The van der Waals surface area contributed by atoms with Gasteiger partial charge in [-0.25, -0.2) is 0 Å². The molecular formula is C32H53N7O7S2. The molecule has 1 aromatic rings. The molecule has 1 aromatic carbocycles. The molecule has 0 heterocycles. The number of phenolic OH excluding ortho intramolecular Hbond substituents is 1. The van der Waals surface area contributed by atoms with E-state index in [1.807, 2.05) is 20.8 Å². The Morgan fingerprint density at radius 3 is 1.88 bits per heavy atom. The molecule has 0 unspecified atom stereocenters. The van der Waals surface area contributed by atoms with Crippen LogP contribution in [0.1, 0.15) is 65.9 Å². The van der Waals surface area contributed by atoms with E-state index in [9.17, 15) is 33.9 Å². The smallest absolute Gasteiger partial charge is 0.244 e. The van der Waals surface area contributed by atoms with Crippen LogP contribution in [0.2, 0.25) is 0 Å². The van der Waals surface area contributed by atoms with Crippen LogP contribution in [0.25, 0.3) is 0 Å². The summed E-state index contributed by atoms with van der Waals surface area (Å²) in [5, 5.41) is 22.6. The van der Waals surface area contributed by atoms with Crippen LogP contribution in [0.5, 0.6) is 5.75 Å². The zero-order valence-corrected chi connectivity index (χ0v) is 30.1. The minimum atomic E-state index is -1.21. The largest absolute Gasteiger partial charge is 0.508 e. The van der Waals surface area contributed by atoms with E-state index in [1.54, 1.807) is 19.1 Å². The Kier molecular flexibility index (Phi) is 19.9. The van der Waals surface area contributed by atoms with Crippen LogP contribution in [0, 0.1) is 5.92 Å². The number of nitrogens with two attached hydrogens (primary N) is 2. The zero-order chi connectivity index (χ0) is 36.4. The van der Waals surface area contributed by atoms with E-state index in [-0.39, 0.29) is 35.4 Å². The third-order valence-electron chi connectivity index (χ3n) is 7.22. The number of phenols is 1. The first-order chi connectivity index (χ1) is 22.6. The number of nitrogens with one attached hydrogen (secondary N) is 5. The summed E-state index contributed by atoms with van der Waals surface area (Å²) in [6.45, 7) is 9.03. The maximum Gasteiger partial charge on any atom is 0.244 e. The molecule has 270 valence electrons. The van der Waals surface area contributed by atoms with Gasteiger partial charge in [-0.15, -0.1) is 0 Å². The van der Waals surface area contributed by atoms with E-state index < -0.39 is 65.8 Å². The first kappa shape index (κ1) is 42.7. The maximum atomic E-state index is 13.7. The van der Waals surface area contributed by atoms with E-state index in [0.717, 1.165) is 11.8 Å². The number of unbranched alkanes of at least 4 members (excludes halogenated alkanes) is 1. The molecule has 0 aliphatic heterocycles. The molecule has 16 heteroatoms. The monoisotopic (exact) mass is 711 g/mol. The van der Waals surface area contributed by atoms with Crippen molar-refractivity contribution >= 4 is 59.0 Å². The van der Waals surface area contributed by atoms with E-state index in [0.29, 0.717) is 37.1 Å². The number of carbonyl (C=O) groups excluding carboxylic acids is 6. The first-order valence-electron chi connectivity index (χ1n) is 16.2. The molecule has 0 spiro atoms. The lowest BCUT2D eigenvalue weighted by molar-refractivity contribution is -0.134. The van der Waals surface area contributed by atoms with Crippen LogP contribution >= 0.6 is 24.4 Å². The summed E-state index contributed by atoms with van der Waals surface area (Å²) in [7, 11) is 0. The number of thiol groups is 1. The van der Waals surface area contributed by atoms with Crippen molar-refractivity contribution in [3.05, 3.63) is 29.8 Å². The van der Waals surface area contributed by atoms with Gasteiger partial charge in [-0.2, -0.15) is 12.6 Å². The summed E-state index contributed by atoms with van der Waals surface area (Å²) in [6.07, 6.45) is 1.63. The van der Waals surface area contributed by atoms with Crippen molar-refractivity contribution in [3.8, 4) is 5.75 Å². The van der Waals surface area contributed by atoms with Gasteiger partial charge in [0.2, 0.25) is 34.7 Å². The predicted molar refractivity (Wildman–Crippen MR) is 190 cm³/mol. The quantitative estimate of drug-likeness (QED) is 0.0617. The topological polar surface area (TPSA) is 235 Å². The molecule has 6 atom stereocenters. The van der Waals surface area contributed by atoms with E-state index in [4.69, 9.17) is 11.5 Å². The Morgan fingerprint density at radius 2 is 1.31 bits per heavy atom. The molecule has 10 N–H and O–H groups in total. The van der Waals surface area contributed by atoms with Gasteiger partial charge in [0.05, 0.1) is 12.1 Å². The highest BCUT2D eigenvalue weighted by molar-refractivity contribution is 8.13. The van der Waals surface area contributed by atoms with Crippen LogP contribution in [0.15, 0.2) is 24.3 Å². The molecule has 0 aliphatic carbocycles. The third-order valence-corrected chi connectivity index (χ3v) is 8.51. The molecule has 0 bridgehead atoms. The number of hydrogen-bond donors (Lipinski definition) is 9. The van der Waals surface area contributed by atoms with Crippen LogP contribution in [0.4, 0.5) is 0 Å². The Labute approximate surface area is 292 Å². The number of benzene rings is 1. The lowest BCUT2D eigenvalue weighted by Crippen LogP contribution is -2.59. The van der Waals surface area contributed by atoms with Gasteiger partial charge in [0.25, 0.3) is 0 Å². The van der Waals surface area contributed by atoms with Crippen molar-refractivity contribution in [1.82, 2.24) is 26.6 Å². The molecule has 14 nitrogen and oxygen atoms in total. The minimum Gasteiger partial charge on any atom is -0.508 e. The van der Waals surface area contributed by atoms with Crippen molar-refractivity contribution in [2.24, 2.45) is 17.4 Å². The van der Waals surface area contributed by atoms with Gasteiger partial charge in [-0.1, -0.05) is 44.7 Å². The standard InChI is InChI=1S/C32H53N7O7S2/c1-6-48-32(46)20(5)36-27(41)19(4)35-29(43)24(9-7-8-14-33)37-30(44)25(16-21-10-12-22(40)13-11-21)38-31(45)26(17-47)39-28(42)23(34)15-18(2)3/h10-13,18-20,23-26,40,47H,6-9,14-17,33-34H2,1-5H3,(H,35,43)(H,36,41)(H,37,44)(H,38,45)(H,39,42)/t19-,20-,23-,24-,25-,26-/m0/s1. The van der Waals surface area contributed by atoms with Gasteiger partial charge in [0.15, 0.2) is 0 Å². The number of carbonyl (C=O) groups is 6. The van der Waals surface area contributed by atoms with Crippen LogP contribution in [0.3, 0.4) is 0 Å². The van der Waals surface area contributed by atoms with Crippen LogP contribution < -0.4 is 38.1 Å². The second-order valence-electron chi connectivity index (χ2n) is 12.0. The van der Waals surface area contributed by atoms with E-state index in [1.165, 1.54) is 19.1 Å². The Hall–Kier alpha value is -3.34. The lowest BCUT2D eigenvalue weighted by Gasteiger charge is -2.26. The van der Waals surface area contributed by atoms with E-state index in [2.05, 4.69) is 39.2 Å². The fourth-order valence-corrected chi connectivity index (χ4v) is 5.37. The highest BCUT2D eigenvalue weighted by Gasteiger charge is 2.31. The summed E-state index contributed by atoms with van der Waals surface area (Å²) in [6, 6.07) is -0.00235. The van der Waals surface area contributed by atoms with Crippen LogP contribution in [-0.4, -0.2) is 94.1 Å². The Balaban J connectivity index is 3.18. The normalized spacial score (nSPS) is 14.9. The lowest BCUT2D eigenvalue weighted by atomic mass is 10.0. The number of rotatable bonds is 21.